The number of carboxylic acid groups (broad SMARTS) is 1. The second kappa shape index (κ2) is 4.11. The maximum Gasteiger partial charge on any atom is 0.323 e. The molecule has 0 spiro atoms. The summed E-state index contributed by atoms with van der Waals surface area (Å²) in [5.74, 6) is -0.988. The lowest BCUT2D eigenvalue weighted by Crippen LogP contribution is -2.46. The highest BCUT2D eigenvalue weighted by molar-refractivity contribution is 9.10. The fraction of sp³-hybridized carbons (Fsp3) is 0.300. The van der Waals surface area contributed by atoms with E-state index in [-0.39, 0.29) is 0 Å². The van der Waals surface area contributed by atoms with Crippen LogP contribution < -0.4 is 5.73 Å². The van der Waals surface area contributed by atoms with Crippen molar-refractivity contribution in [2.75, 3.05) is 0 Å². The van der Waals surface area contributed by atoms with Crippen LogP contribution in [0.4, 0.5) is 0 Å². The minimum atomic E-state index is -1.21. The molecule has 0 aliphatic heterocycles. The zero-order chi connectivity index (χ0) is 10.8. The quantitative estimate of drug-likeness (QED) is 0.868. The summed E-state index contributed by atoms with van der Waals surface area (Å²) in [5, 5.41) is 8.84. The number of aliphatic carboxylic acids is 1. The number of hydrogen-bond donors (Lipinski definition) is 2. The molecule has 14 heavy (non-hydrogen) atoms. The highest BCUT2D eigenvalue weighted by Crippen LogP contribution is 2.16. The fourth-order valence-corrected chi connectivity index (χ4v) is 1.59. The summed E-state index contributed by atoms with van der Waals surface area (Å²) in [5.41, 5.74) is 5.33. The molecule has 0 amide bonds. The van der Waals surface area contributed by atoms with Crippen molar-refractivity contribution in [3.63, 3.8) is 0 Å². The van der Waals surface area contributed by atoms with Crippen molar-refractivity contribution in [1.82, 2.24) is 0 Å². The van der Waals surface area contributed by atoms with E-state index in [4.69, 9.17) is 10.8 Å². The van der Waals surface area contributed by atoms with Crippen molar-refractivity contribution in [3.8, 4) is 0 Å². The zero-order valence-corrected chi connectivity index (χ0v) is 9.41. The summed E-state index contributed by atoms with van der Waals surface area (Å²) in [6, 6.07) is 7.47. The molecule has 1 atom stereocenters. The molecular formula is C10H12BrNO2. The van der Waals surface area contributed by atoms with Crippen molar-refractivity contribution >= 4 is 21.9 Å². The Morgan fingerprint density at radius 1 is 1.64 bits per heavy atom. The minimum Gasteiger partial charge on any atom is -0.480 e. The third-order valence-electron chi connectivity index (χ3n) is 1.95. The van der Waals surface area contributed by atoms with Crippen LogP contribution >= 0.6 is 15.9 Å². The fourth-order valence-electron chi connectivity index (χ4n) is 1.15. The SMILES string of the molecule is CC(N)(Cc1cccc(Br)c1)C(=O)O. The van der Waals surface area contributed by atoms with Gasteiger partial charge in [-0.1, -0.05) is 28.1 Å². The molecule has 76 valence electrons. The monoisotopic (exact) mass is 257 g/mol. The Kier molecular flexibility index (Phi) is 3.29. The molecule has 0 fully saturated rings. The van der Waals surface area contributed by atoms with Crippen LogP contribution in [0.3, 0.4) is 0 Å². The van der Waals surface area contributed by atoms with Gasteiger partial charge in [-0.05, 0) is 24.6 Å². The summed E-state index contributed by atoms with van der Waals surface area (Å²) >= 11 is 3.32. The summed E-state index contributed by atoms with van der Waals surface area (Å²) < 4.78 is 0.927. The molecule has 1 rings (SSSR count). The van der Waals surface area contributed by atoms with Gasteiger partial charge in [0.1, 0.15) is 5.54 Å². The van der Waals surface area contributed by atoms with Crippen LogP contribution in [0.2, 0.25) is 0 Å². The predicted molar refractivity (Wildman–Crippen MR) is 58.1 cm³/mol. The molecule has 0 bridgehead atoms. The van der Waals surface area contributed by atoms with Crippen LogP contribution in [-0.2, 0) is 11.2 Å². The summed E-state index contributed by atoms with van der Waals surface area (Å²) in [6.45, 7) is 1.51. The van der Waals surface area contributed by atoms with Gasteiger partial charge < -0.3 is 10.8 Å². The molecule has 0 saturated heterocycles. The molecule has 3 nitrogen and oxygen atoms in total. The van der Waals surface area contributed by atoms with Crippen LogP contribution in [0.15, 0.2) is 28.7 Å². The van der Waals surface area contributed by atoms with E-state index in [1.165, 1.54) is 6.92 Å². The van der Waals surface area contributed by atoms with Crippen molar-refractivity contribution in [1.29, 1.82) is 0 Å². The van der Waals surface area contributed by atoms with Crippen molar-refractivity contribution in [2.45, 2.75) is 18.9 Å². The normalized spacial score (nSPS) is 14.8. The number of rotatable bonds is 3. The molecule has 1 aromatic rings. The standard InChI is InChI=1S/C10H12BrNO2/c1-10(12,9(13)14)6-7-3-2-4-8(11)5-7/h2-5H,6,12H2,1H3,(H,13,14). The highest BCUT2D eigenvalue weighted by atomic mass is 79.9. The molecule has 0 radical (unpaired) electrons. The molecule has 4 heteroatoms. The lowest BCUT2D eigenvalue weighted by atomic mass is 9.94. The van der Waals surface area contributed by atoms with Gasteiger partial charge in [-0.15, -0.1) is 0 Å². The maximum atomic E-state index is 10.8. The lowest BCUT2D eigenvalue weighted by molar-refractivity contribution is -0.142. The summed E-state index contributed by atoms with van der Waals surface area (Å²) in [7, 11) is 0. The molecule has 0 heterocycles. The number of nitrogens with two attached hydrogens (primary N) is 1. The third-order valence-corrected chi connectivity index (χ3v) is 2.44. The Hall–Kier alpha value is -0.870. The van der Waals surface area contributed by atoms with Gasteiger partial charge in [-0.25, -0.2) is 0 Å². The van der Waals surface area contributed by atoms with Crippen LogP contribution in [0, 0.1) is 0 Å². The van der Waals surface area contributed by atoms with E-state index in [9.17, 15) is 4.79 Å². The van der Waals surface area contributed by atoms with E-state index >= 15 is 0 Å². The van der Waals surface area contributed by atoms with Crippen molar-refractivity contribution in [3.05, 3.63) is 34.3 Å². The third kappa shape index (κ3) is 2.82. The number of carboxylic acids is 1. The van der Waals surface area contributed by atoms with Crippen molar-refractivity contribution < 1.29 is 9.90 Å². The van der Waals surface area contributed by atoms with Crippen LogP contribution in [0.5, 0.6) is 0 Å². The molecule has 0 saturated carbocycles. The van der Waals surface area contributed by atoms with Gasteiger partial charge in [0.15, 0.2) is 0 Å². The Bertz CT molecular complexity index is 350. The first kappa shape index (κ1) is 11.2. The zero-order valence-electron chi connectivity index (χ0n) is 7.83. The molecular weight excluding hydrogens is 246 g/mol. The van der Waals surface area contributed by atoms with Gasteiger partial charge in [-0.2, -0.15) is 0 Å². The van der Waals surface area contributed by atoms with Crippen LogP contribution in [0.25, 0.3) is 0 Å². The molecule has 0 aliphatic rings. The van der Waals surface area contributed by atoms with E-state index in [1.54, 1.807) is 0 Å². The molecule has 0 aliphatic carbocycles. The summed E-state index contributed by atoms with van der Waals surface area (Å²) in [6.07, 6.45) is 0.321. The largest absolute Gasteiger partial charge is 0.480 e. The topological polar surface area (TPSA) is 63.3 Å². The first-order chi connectivity index (χ1) is 6.42. The smallest absolute Gasteiger partial charge is 0.323 e. The van der Waals surface area contributed by atoms with Gasteiger partial charge in [0.05, 0.1) is 0 Å². The summed E-state index contributed by atoms with van der Waals surface area (Å²) in [4.78, 5) is 10.8. The van der Waals surface area contributed by atoms with E-state index in [0.717, 1.165) is 10.0 Å². The van der Waals surface area contributed by atoms with Crippen LogP contribution in [-0.4, -0.2) is 16.6 Å². The Morgan fingerprint density at radius 3 is 2.79 bits per heavy atom. The van der Waals surface area contributed by atoms with E-state index in [1.807, 2.05) is 24.3 Å². The van der Waals surface area contributed by atoms with E-state index in [2.05, 4.69) is 15.9 Å². The molecule has 1 aromatic carbocycles. The number of halogens is 1. The van der Waals surface area contributed by atoms with Gasteiger partial charge >= 0.3 is 5.97 Å². The minimum absolute atomic E-state index is 0.321. The highest BCUT2D eigenvalue weighted by Gasteiger charge is 2.27. The van der Waals surface area contributed by atoms with E-state index < -0.39 is 11.5 Å². The Balaban J connectivity index is 2.83. The predicted octanol–water partition coefficient (Wildman–Crippen LogP) is 1.79. The molecule has 0 aromatic heterocycles. The number of hydrogen-bond acceptors (Lipinski definition) is 2. The Labute approximate surface area is 91.1 Å². The Morgan fingerprint density at radius 2 is 2.29 bits per heavy atom. The maximum absolute atomic E-state index is 10.8. The average Bonchev–Trinajstić information content (AvgIpc) is 2.02. The van der Waals surface area contributed by atoms with Crippen LogP contribution in [0.1, 0.15) is 12.5 Å². The molecule has 3 N–H and O–H groups in total. The molecule has 1 unspecified atom stereocenters. The second-order valence-corrected chi connectivity index (χ2v) is 4.44. The van der Waals surface area contributed by atoms with E-state index in [0.29, 0.717) is 6.42 Å². The first-order valence-corrected chi connectivity index (χ1v) is 4.98. The van der Waals surface area contributed by atoms with Gasteiger partial charge in [0.25, 0.3) is 0 Å². The second-order valence-electron chi connectivity index (χ2n) is 3.53. The first-order valence-electron chi connectivity index (χ1n) is 4.18. The van der Waals surface area contributed by atoms with Gasteiger partial charge in [0, 0.05) is 10.9 Å². The van der Waals surface area contributed by atoms with Gasteiger partial charge in [0.2, 0.25) is 0 Å². The van der Waals surface area contributed by atoms with Gasteiger partial charge in [-0.3, -0.25) is 4.79 Å². The lowest BCUT2D eigenvalue weighted by Gasteiger charge is -2.18. The average molecular weight is 258 g/mol. The number of benzene rings is 1. The number of carbonyl (C=O) groups is 1. The van der Waals surface area contributed by atoms with Crippen molar-refractivity contribution in [2.24, 2.45) is 5.73 Å².